The van der Waals surface area contributed by atoms with E-state index in [4.69, 9.17) is 4.42 Å². The molecule has 9 heteroatoms. The first-order valence-electron chi connectivity index (χ1n) is 10.4. The number of hydrogen-bond acceptors (Lipinski definition) is 5. The van der Waals surface area contributed by atoms with Gasteiger partial charge in [-0.1, -0.05) is 13.8 Å². The van der Waals surface area contributed by atoms with Gasteiger partial charge in [0, 0.05) is 37.7 Å². The molecule has 3 heterocycles. The number of fused-ring (bicyclic) bond motifs is 1. The van der Waals surface area contributed by atoms with Gasteiger partial charge in [-0.15, -0.1) is 0 Å². The van der Waals surface area contributed by atoms with Crippen molar-refractivity contribution in [3.8, 4) is 0 Å². The highest BCUT2D eigenvalue weighted by Crippen LogP contribution is 2.31. The van der Waals surface area contributed by atoms with Crippen LogP contribution in [-0.4, -0.2) is 48.0 Å². The summed E-state index contributed by atoms with van der Waals surface area (Å²) in [4.78, 5) is 15.1. The molecule has 0 radical (unpaired) electrons. The van der Waals surface area contributed by atoms with Crippen molar-refractivity contribution in [2.24, 2.45) is 0 Å². The average Bonchev–Trinajstić information content (AvgIpc) is 3.46. The molecule has 8 nitrogen and oxygen atoms in total. The second-order valence-corrected chi connectivity index (χ2v) is 9.35. The zero-order valence-corrected chi connectivity index (χ0v) is 18.5. The van der Waals surface area contributed by atoms with Crippen LogP contribution in [-0.2, 0) is 23.0 Å². The topological polar surface area (TPSA) is 88.7 Å². The van der Waals surface area contributed by atoms with E-state index in [0.717, 1.165) is 24.1 Å². The van der Waals surface area contributed by atoms with Crippen molar-refractivity contribution in [3.05, 3.63) is 65.9 Å². The quantitative estimate of drug-likeness (QED) is 0.561. The maximum Gasteiger partial charge on any atom is 0.293 e. The Balaban J connectivity index is 1.58. The van der Waals surface area contributed by atoms with Gasteiger partial charge in [0.15, 0.2) is 5.76 Å². The lowest BCUT2D eigenvalue weighted by atomic mass is 10.0. The summed E-state index contributed by atoms with van der Waals surface area (Å²) in [6, 6.07) is 10.3. The predicted octanol–water partition coefficient (Wildman–Crippen LogP) is 3.15. The van der Waals surface area contributed by atoms with E-state index < -0.39 is 10.0 Å². The highest BCUT2D eigenvalue weighted by molar-refractivity contribution is 7.89. The van der Waals surface area contributed by atoms with Crippen molar-refractivity contribution >= 4 is 21.6 Å². The van der Waals surface area contributed by atoms with Gasteiger partial charge in [-0.3, -0.25) is 9.48 Å². The molecular weight excluding hydrogens is 416 g/mol. The summed E-state index contributed by atoms with van der Waals surface area (Å²) in [6.07, 6.45) is 5.00. The summed E-state index contributed by atoms with van der Waals surface area (Å²) in [5.41, 5.74) is 1.59. The molecule has 1 aromatic carbocycles. The van der Waals surface area contributed by atoms with Gasteiger partial charge in [-0.25, -0.2) is 8.42 Å². The minimum atomic E-state index is -3.54. The number of sulfonamides is 1. The van der Waals surface area contributed by atoms with Crippen LogP contribution in [0.3, 0.4) is 0 Å². The van der Waals surface area contributed by atoms with Crippen LogP contribution in [0.25, 0.3) is 0 Å². The van der Waals surface area contributed by atoms with Crippen LogP contribution >= 0.6 is 0 Å². The average molecular weight is 443 g/mol. The second-order valence-electron chi connectivity index (χ2n) is 7.41. The molecule has 0 N–H and O–H groups in total. The van der Waals surface area contributed by atoms with E-state index in [1.165, 1.54) is 4.31 Å². The molecule has 1 amide bonds. The Morgan fingerprint density at radius 2 is 2.00 bits per heavy atom. The number of nitrogens with zero attached hydrogens (tertiary/aromatic N) is 4. The third-order valence-electron chi connectivity index (χ3n) is 5.51. The van der Waals surface area contributed by atoms with Gasteiger partial charge in [0.2, 0.25) is 10.0 Å². The molecule has 2 aromatic heterocycles. The fourth-order valence-corrected chi connectivity index (χ4v) is 5.43. The van der Waals surface area contributed by atoms with Crippen LogP contribution in [0.1, 0.15) is 42.1 Å². The summed E-state index contributed by atoms with van der Waals surface area (Å²) < 4.78 is 34.7. The van der Waals surface area contributed by atoms with Gasteiger partial charge in [0.1, 0.15) is 5.76 Å². The fraction of sp³-hybridized carbons (Fsp3) is 0.364. The number of amides is 1. The first-order valence-corrected chi connectivity index (χ1v) is 11.9. The van der Waals surface area contributed by atoms with Crippen molar-refractivity contribution in [2.75, 3.05) is 24.5 Å². The molecule has 31 heavy (non-hydrogen) atoms. The summed E-state index contributed by atoms with van der Waals surface area (Å²) in [5.74, 6) is 0.673. The van der Waals surface area contributed by atoms with E-state index in [-0.39, 0.29) is 16.6 Å². The van der Waals surface area contributed by atoms with Crippen LogP contribution in [0.4, 0.5) is 5.69 Å². The number of rotatable bonds is 7. The Labute approximate surface area is 182 Å². The molecule has 164 valence electrons. The van der Waals surface area contributed by atoms with Crippen LogP contribution in [0.15, 0.2) is 58.1 Å². The number of carbonyl (C=O) groups excluding carboxylic acids is 1. The highest BCUT2D eigenvalue weighted by atomic mass is 32.2. The molecule has 0 saturated heterocycles. The van der Waals surface area contributed by atoms with E-state index in [2.05, 4.69) is 5.10 Å². The Hall–Kier alpha value is -2.91. The van der Waals surface area contributed by atoms with Gasteiger partial charge in [-0.2, -0.15) is 9.40 Å². The molecular formula is C22H26N4O4S. The lowest BCUT2D eigenvalue weighted by Crippen LogP contribution is -2.35. The molecule has 1 aliphatic heterocycles. The standard InChI is InChI=1S/C22H26N4O4S/c1-3-25(4-2)31(28,29)19-9-10-20-17(15-19)7-5-14-26(20)22(27)21-11-8-18(30-21)16-24-13-6-12-23-24/h6,8-13,15H,3-5,7,14,16H2,1-2H3. The van der Waals surface area contributed by atoms with Gasteiger partial charge in [0.25, 0.3) is 5.91 Å². The third-order valence-corrected chi connectivity index (χ3v) is 7.55. The van der Waals surface area contributed by atoms with Crippen molar-refractivity contribution in [1.29, 1.82) is 0 Å². The number of hydrogen-bond donors (Lipinski definition) is 0. The first-order chi connectivity index (χ1) is 14.9. The van der Waals surface area contributed by atoms with E-state index in [1.807, 2.05) is 26.1 Å². The third kappa shape index (κ3) is 4.15. The Morgan fingerprint density at radius 1 is 1.19 bits per heavy atom. The maximum atomic E-state index is 13.1. The van der Waals surface area contributed by atoms with E-state index in [1.54, 1.807) is 46.1 Å². The van der Waals surface area contributed by atoms with Gasteiger partial charge >= 0.3 is 0 Å². The number of benzene rings is 1. The van der Waals surface area contributed by atoms with Crippen molar-refractivity contribution < 1.29 is 17.6 Å². The number of furan rings is 1. The zero-order chi connectivity index (χ0) is 22.0. The summed E-state index contributed by atoms with van der Waals surface area (Å²) in [7, 11) is -3.54. The van der Waals surface area contributed by atoms with Gasteiger partial charge < -0.3 is 9.32 Å². The SMILES string of the molecule is CCN(CC)S(=O)(=O)c1ccc2c(c1)CCCN2C(=O)c1ccc(Cn2cccn2)o1. The van der Waals surface area contributed by atoms with Crippen LogP contribution in [0.2, 0.25) is 0 Å². The molecule has 0 unspecified atom stereocenters. The minimum Gasteiger partial charge on any atom is -0.454 e. The Bertz CT molecular complexity index is 1160. The molecule has 0 spiro atoms. The monoisotopic (exact) mass is 442 g/mol. The van der Waals surface area contributed by atoms with E-state index in [0.29, 0.717) is 31.9 Å². The first kappa shape index (κ1) is 21.3. The summed E-state index contributed by atoms with van der Waals surface area (Å²) in [5, 5.41) is 4.15. The largest absolute Gasteiger partial charge is 0.454 e. The Kier molecular flexibility index (Phi) is 5.97. The summed E-state index contributed by atoms with van der Waals surface area (Å²) in [6.45, 7) is 5.49. The molecule has 3 aromatic rings. The maximum absolute atomic E-state index is 13.1. The number of aryl methyl sites for hydroxylation is 1. The van der Waals surface area contributed by atoms with Crippen LogP contribution in [0.5, 0.6) is 0 Å². The predicted molar refractivity (Wildman–Crippen MR) is 117 cm³/mol. The molecule has 1 aliphatic rings. The normalized spacial score (nSPS) is 14.1. The molecule has 0 aliphatic carbocycles. The van der Waals surface area contributed by atoms with E-state index >= 15 is 0 Å². The zero-order valence-electron chi connectivity index (χ0n) is 17.7. The van der Waals surface area contributed by atoms with Crippen LogP contribution < -0.4 is 4.90 Å². The molecule has 4 rings (SSSR count). The molecule has 0 fully saturated rings. The number of aromatic nitrogens is 2. The van der Waals surface area contributed by atoms with Gasteiger partial charge in [-0.05, 0) is 54.8 Å². The highest BCUT2D eigenvalue weighted by Gasteiger charge is 2.28. The molecule has 0 atom stereocenters. The minimum absolute atomic E-state index is 0.230. The van der Waals surface area contributed by atoms with Crippen molar-refractivity contribution in [1.82, 2.24) is 14.1 Å². The van der Waals surface area contributed by atoms with Crippen molar-refractivity contribution in [2.45, 2.75) is 38.1 Å². The lowest BCUT2D eigenvalue weighted by Gasteiger charge is -2.29. The summed E-state index contributed by atoms with van der Waals surface area (Å²) >= 11 is 0. The fourth-order valence-electron chi connectivity index (χ4n) is 3.92. The molecule has 0 bridgehead atoms. The smallest absolute Gasteiger partial charge is 0.293 e. The van der Waals surface area contributed by atoms with Crippen molar-refractivity contribution in [3.63, 3.8) is 0 Å². The lowest BCUT2D eigenvalue weighted by molar-refractivity contribution is 0.0956. The van der Waals surface area contributed by atoms with Gasteiger partial charge in [0.05, 0.1) is 11.4 Å². The number of carbonyl (C=O) groups is 1. The van der Waals surface area contributed by atoms with Crippen LogP contribution in [0, 0.1) is 0 Å². The van der Waals surface area contributed by atoms with E-state index in [9.17, 15) is 13.2 Å². The molecule has 0 saturated carbocycles. The Morgan fingerprint density at radius 3 is 2.71 bits per heavy atom. The second kappa shape index (κ2) is 8.68. The number of anilines is 1.